The van der Waals surface area contributed by atoms with Crippen molar-refractivity contribution >= 4 is 5.57 Å². The number of hydrogen-bond acceptors (Lipinski definition) is 2. The smallest absolute Gasteiger partial charge is 0.130 e. The molecule has 0 amide bonds. The van der Waals surface area contributed by atoms with Crippen molar-refractivity contribution in [1.29, 1.82) is 0 Å². The fourth-order valence-electron chi connectivity index (χ4n) is 2.49. The number of methoxy groups -OCH3 is 2. The van der Waals surface area contributed by atoms with Gasteiger partial charge in [-0.05, 0) is 28.8 Å². The lowest BCUT2D eigenvalue weighted by molar-refractivity contribution is 0.392. The zero-order valence-corrected chi connectivity index (χ0v) is 11.0. The third kappa shape index (κ3) is 1.89. The lowest BCUT2D eigenvalue weighted by atomic mass is 9.97. The van der Waals surface area contributed by atoms with E-state index in [1.807, 2.05) is 30.3 Å². The van der Waals surface area contributed by atoms with Crippen LogP contribution >= 0.6 is 0 Å². The van der Waals surface area contributed by atoms with Crippen LogP contribution in [0.3, 0.4) is 0 Å². The van der Waals surface area contributed by atoms with Crippen molar-refractivity contribution < 1.29 is 9.47 Å². The van der Waals surface area contributed by atoms with Gasteiger partial charge in [0.1, 0.15) is 11.5 Å². The molecule has 1 aliphatic carbocycles. The summed E-state index contributed by atoms with van der Waals surface area (Å²) in [5.41, 5.74) is 4.59. The Morgan fingerprint density at radius 2 is 1.47 bits per heavy atom. The first kappa shape index (κ1) is 11.8. The third-order valence-electron chi connectivity index (χ3n) is 3.38. The van der Waals surface area contributed by atoms with Crippen molar-refractivity contribution in [1.82, 2.24) is 0 Å². The van der Waals surface area contributed by atoms with E-state index < -0.39 is 0 Å². The summed E-state index contributed by atoms with van der Waals surface area (Å²) in [6.45, 7) is 0. The van der Waals surface area contributed by atoms with Crippen LogP contribution in [0.5, 0.6) is 11.5 Å². The van der Waals surface area contributed by atoms with E-state index in [1.54, 1.807) is 14.2 Å². The number of hydrogen-bond donors (Lipinski definition) is 0. The number of benzene rings is 2. The predicted octanol–water partition coefficient (Wildman–Crippen LogP) is 3.70. The van der Waals surface area contributed by atoms with Crippen LogP contribution in [0.1, 0.15) is 16.7 Å². The number of fused-ring (bicyclic) bond motifs is 1. The summed E-state index contributed by atoms with van der Waals surface area (Å²) in [5.74, 6) is 1.66. The summed E-state index contributed by atoms with van der Waals surface area (Å²) < 4.78 is 11.0. The second kappa shape index (κ2) is 4.81. The van der Waals surface area contributed by atoms with Crippen molar-refractivity contribution in [2.75, 3.05) is 14.2 Å². The second-order valence-corrected chi connectivity index (χ2v) is 4.37. The SMILES string of the molecule is COc1cccc(OC)c1C1=C[CH]c2ccccc21. The molecule has 2 aromatic rings. The largest absolute Gasteiger partial charge is 0.496 e. The fraction of sp³-hybridized carbons (Fsp3) is 0.118. The predicted molar refractivity (Wildman–Crippen MR) is 76.5 cm³/mol. The van der Waals surface area contributed by atoms with Crippen LogP contribution in [0.4, 0.5) is 0 Å². The van der Waals surface area contributed by atoms with Gasteiger partial charge in [-0.1, -0.05) is 36.4 Å². The van der Waals surface area contributed by atoms with Crippen LogP contribution in [0, 0.1) is 6.42 Å². The van der Waals surface area contributed by atoms with E-state index >= 15 is 0 Å². The summed E-state index contributed by atoms with van der Waals surface area (Å²) in [7, 11) is 3.37. The Balaban J connectivity index is 2.19. The highest BCUT2D eigenvalue weighted by Crippen LogP contribution is 2.42. The van der Waals surface area contributed by atoms with Gasteiger partial charge in [-0.3, -0.25) is 0 Å². The Bertz CT molecular complexity index is 619. The molecule has 2 aromatic carbocycles. The molecule has 0 aliphatic heterocycles. The zero-order valence-electron chi connectivity index (χ0n) is 11.0. The van der Waals surface area contributed by atoms with Gasteiger partial charge >= 0.3 is 0 Å². The topological polar surface area (TPSA) is 18.5 Å². The minimum atomic E-state index is 0.829. The number of allylic oxidation sites excluding steroid dienone is 1. The van der Waals surface area contributed by atoms with E-state index in [2.05, 4.69) is 24.6 Å². The number of rotatable bonds is 3. The molecule has 19 heavy (non-hydrogen) atoms. The van der Waals surface area contributed by atoms with Gasteiger partial charge in [0.15, 0.2) is 0 Å². The standard InChI is InChI=1S/C17H15O2/c1-18-15-8-5-9-16(19-2)17(15)14-11-10-12-6-3-4-7-13(12)14/h3-11H,1-2H3. The average molecular weight is 251 g/mol. The zero-order chi connectivity index (χ0) is 13.2. The van der Waals surface area contributed by atoms with Crippen molar-refractivity contribution in [3.8, 4) is 11.5 Å². The summed E-state index contributed by atoms with van der Waals surface area (Å²) >= 11 is 0. The molecule has 0 spiro atoms. The van der Waals surface area contributed by atoms with E-state index in [0.717, 1.165) is 22.6 Å². The highest BCUT2D eigenvalue weighted by atomic mass is 16.5. The molecule has 1 aliphatic rings. The maximum Gasteiger partial charge on any atom is 0.130 e. The quantitative estimate of drug-likeness (QED) is 0.828. The molecule has 0 atom stereocenters. The molecule has 0 bridgehead atoms. The molecule has 95 valence electrons. The summed E-state index contributed by atoms with van der Waals surface area (Å²) in [6.07, 6.45) is 4.24. The van der Waals surface area contributed by atoms with Crippen LogP contribution in [0.2, 0.25) is 0 Å². The van der Waals surface area contributed by atoms with E-state index in [0.29, 0.717) is 0 Å². The Hall–Kier alpha value is -2.22. The molecule has 0 aromatic heterocycles. The Morgan fingerprint density at radius 1 is 0.789 bits per heavy atom. The summed E-state index contributed by atoms with van der Waals surface area (Å²) in [6, 6.07) is 14.2. The van der Waals surface area contributed by atoms with E-state index in [4.69, 9.17) is 9.47 Å². The van der Waals surface area contributed by atoms with E-state index in [9.17, 15) is 0 Å². The molecule has 0 saturated carbocycles. The Kier molecular flexibility index (Phi) is 3.00. The van der Waals surface area contributed by atoms with E-state index in [1.165, 1.54) is 11.1 Å². The Labute approximate surface area is 113 Å². The van der Waals surface area contributed by atoms with Gasteiger partial charge in [-0.2, -0.15) is 0 Å². The van der Waals surface area contributed by atoms with Crippen LogP contribution in [0.25, 0.3) is 5.57 Å². The first-order valence-corrected chi connectivity index (χ1v) is 6.21. The fourth-order valence-corrected chi connectivity index (χ4v) is 2.49. The summed E-state index contributed by atoms with van der Waals surface area (Å²) in [5, 5.41) is 0. The highest BCUT2D eigenvalue weighted by molar-refractivity contribution is 5.91. The monoisotopic (exact) mass is 251 g/mol. The molecule has 2 nitrogen and oxygen atoms in total. The summed E-state index contributed by atoms with van der Waals surface area (Å²) in [4.78, 5) is 0. The van der Waals surface area contributed by atoms with Crippen LogP contribution < -0.4 is 9.47 Å². The normalized spacial score (nSPS) is 12.8. The molecule has 0 unspecified atom stereocenters. The third-order valence-corrected chi connectivity index (χ3v) is 3.38. The highest BCUT2D eigenvalue weighted by Gasteiger charge is 2.21. The van der Waals surface area contributed by atoms with Gasteiger partial charge < -0.3 is 9.47 Å². The average Bonchev–Trinajstić information content (AvgIpc) is 2.90. The molecular formula is C17H15O2. The number of ether oxygens (including phenoxy) is 2. The maximum absolute atomic E-state index is 5.48. The van der Waals surface area contributed by atoms with Crippen LogP contribution in [-0.2, 0) is 0 Å². The molecule has 0 heterocycles. The molecule has 1 radical (unpaired) electrons. The first-order valence-electron chi connectivity index (χ1n) is 6.21. The molecule has 0 N–H and O–H groups in total. The van der Waals surface area contributed by atoms with Crippen molar-refractivity contribution in [3.63, 3.8) is 0 Å². The maximum atomic E-state index is 5.48. The van der Waals surface area contributed by atoms with E-state index in [-0.39, 0.29) is 0 Å². The lowest BCUT2D eigenvalue weighted by Crippen LogP contribution is -1.96. The van der Waals surface area contributed by atoms with Crippen molar-refractivity contribution in [3.05, 3.63) is 71.7 Å². The van der Waals surface area contributed by atoms with Gasteiger partial charge in [0.05, 0.1) is 19.8 Å². The minimum Gasteiger partial charge on any atom is -0.496 e. The lowest BCUT2D eigenvalue weighted by Gasteiger charge is -2.15. The van der Waals surface area contributed by atoms with Crippen molar-refractivity contribution in [2.24, 2.45) is 0 Å². The van der Waals surface area contributed by atoms with Gasteiger partial charge in [0, 0.05) is 6.42 Å². The first-order chi connectivity index (χ1) is 9.35. The molecule has 0 saturated heterocycles. The molecule has 2 heteroatoms. The Morgan fingerprint density at radius 3 is 2.16 bits per heavy atom. The van der Waals surface area contributed by atoms with Gasteiger partial charge in [0.25, 0.3) is 0 Å². The minimum absolute atomic E-state index is 0.829. The van der Waals surface area contributed by atoms with Crippen LogP contribution in [-0.4, -0.2) is 14.2 Å². The molecule has 0 fully saturated rings. The second-order valence-electron chi connectivity index (χ2n) is 4.37. The molecular weight excluding hydrogens is 236 g/mol. The molecule has 3 rings (SSSR count). The van der Waals surface area contributed by atoms with Gasteiger partial charge in [-0.25, -0.2) is 0 Å². The van der Waals surface area contributed by atoms with Gasteiger partial charge in [-0.15, -0.1) is 0 Å². The van der Waals surface area contributed by atoms with Crippen molar-refractivity contribution in [2.45, 2.75) is 0 Å². The van der Waals surface area contributed by atoms with Crippen LogP contribution in [0.15, 0.2) is 48.5 Å². The van der Waals surface area contributed by atoms with Gasteiger partial charge in [0.2, 0.25) is 0 Å².